The Morgan fingerprint density at radius 3 is 2.80 bits per heavy atom. The van der Waals surface area contributed by atoms with Crippen molar-refractivity contribution in [2.75, 3.05) is 6.61 Å². The second-order valence-corrected chi connectivity index (χ2v) is 3.23. The molecule has 0 aromatic heterocycles. The Hall–Kier alpha value is -1.42. The van der Waals surface area contributed by atoms with Crippen LogP contribution < -0.4 is 5.73 Å². The molecule has 15 heavy (non-hydrogen) atoms. The molecule has 4 heteroatoms. The smallest absolute Gasteiger partial charge is 0.312 e. The van der Waals surface area contributed by atoms with E-state index in [1.807, 2.05) is 0 Å². The Labute approximate surface area is 88.0 Å². The van der Waals surface area contributed by atoms with E-state index in [1.54, 1.807) is 25.1 Å². The zero-order chi connectivity index (χ0) is 11.3. The number of halogens is 1. The Morgan fingerprint density at radius 1 is 1.53 bits per heavy atom. The first kappa shape index (κ1) is 11.7. The van der Waals surface area contributed by atoms with E-state index < -0.39 is 6.04 Å². The molecule has 0 heterocycles. The van der Waals surface area contributed by atoms with Crippen LogP contribution in [0, 0.1) is 5.82 Å². The Morgan fingerprint density at radius 2 is 2.20 bits per heavy atom. The molecule has 1 aromatic rings. The lowest BCUT2D eigenvalue weighted by Crippen LogP contribution is -2.54. The third-order valence-corrected chi connectivity index (χ3v) is 2.06. The molecule has 3 N–H and O–H groups in total. The van der Waals surface area contributed by atoms with E-state index in [4.69, 9.17) is 4.74 Å². The molecular weight excluding hydrogens is 197 g/mol. The topological polar surface area (TPSA) is 53.9 Å². The van der Waals surface area contributed by atoms with Crippen LogP contribution in [0.25, 0.3) is 0 Å². The number of carbonyl (C=O) groups excluding carboxylic acids is 1. The number of ether oxygens (including phenoxy) is 1. The molecule has 0 fully saturated rings. The van der Waals surface area contributed by atoms with Crippen molar-refractivity contribution < 1.29 is 19.7 Å². The van der Waals surface area contributed by atoms with Crippen molar-refractivity contribution in [3.63, 3.8) is 0 Å². The summed E-state index contributed by atoms with van der Waals surface area (Å²) in [6.07, 6.45) is 0.106. The second-order valence-electron chi connectivity index (χ2n) is 3.23. The first-order valence-electron chi connectivity index (χ1n) is 4.88. The fraction of sp³-hybridized carbons (Fsp3) is 0.364. The van der Waals surface area contributed by atoms with Crippen LogP contribution in [0.1, 0.15) is 24.9 Å². The van der Waals surface area contributed by atoms with Gasteiger partial charge in [-0.2, -0.15) is 0 Å². The predicted octanol–water partition coefficient (Wildman–Crippen LogP) is 1.06. The van der Waals surface area contributed by atoms with Crippen molar-refractivity contribution in [1.82, 2.24) is 0 Å². The van der Waals surface area contributed by atoms with Gasteiger partial charge in [-0.3, -0.25) is 4.79 Å². The lowest BCUT2D eigenvalue weighted by atomic mass is 10.0. The number of benzene rings is 1. The van der Waals surface area contributed by atoms with Crippen molar-refractivity contribution in [1.29, 1.82) is 0 Å². The molecule has 1 rings (SSSR count). The third kappa shape index (κ3) is 3.32. The fourth-order valence-electron chi connectivity index (χ4n) is 1.34. The van der Waals surface area contributed by atoms with E-state index in [2.05, 4.69) is 5.73 Å². The molecule has 0 radical (unpaired) electrons. The quantitative estimate of drug-likeness (QED) is 0.759. The third-order valence-electron chi connectivity index (χ3n) is 2.06. The van der Waals surface area contributed by atoms with E-state index in [-0.39, 0.29) is 18.2 Å². The van der Waals surface area contributed by atoms with E-state index in [9.17, 15) is 9.18 Å². The summed E-state index contributed by atoms with van der Waals surface area (Å²) in [5.41, 5.74) is 4.20. The number of quaternary nitrogens is 1. The van der Waals surface area contributed by atoms with Crippen molar-refractivity contribution >= 4 is 5.97 Å². The van der Waals surface area contributed by atoms with Gasteiger partial charge in [0.2, 0.25) is 0 Å². The number of carbonyl (C=O) groups is 1. The van der Waals surface area contributed by atoms with Gasteiger partial charge in [0.05, 0.1) is 6.61 Å². The molecule has 1 aromatic carbocycles. The standard InChI is InChI=1S/C11H14FNO2/c1-2-15-11(14)7-10(13)8-5-3-4-6-9(8)12/h3-6,10H,2,7,13H2,1H3/p+1/t10-/m1/s1. The summed E-state index contributed by atoms with van der Waals surface area (Å²) >= 11 is 0. The predicted molar refractivity (Wildman–Crippen MR) is 53.3 cm³/mol. The SMILES string of the molecule is CCOC(=O)C[C@@H]([NH3+])c1ccccc1F. The second kappa shape index (κ2) is 5.46. The number of hydrogen-bond donors (Lipinski definition) is 1. The molecule has 0 saturated heterocycles. The van der Waals surface area contributed by atoms with Gasteiger partial charge in [0.15, 0.2) is 0 Å². The molecule has 0 unspecified atom stereocenters. The molecule has 1 atom stereocenters. The summed E-state index contributed by atoms with van der Waals surface area (Å²) in [7, 11) is 0. The van der Waals surface area contributed by atoms with E-state index in [0.717, 1.165) is 0 Å². The molecule has 82 valence electrons. The lowest BCUT2D eigenvalue weighted by molar-refractivity contribution is -0.426. The van der Waals surface area contributed by atoms with Crippen LogP contribution >= 0.6 is 0 Å². The van der Waals surface area contributed by atoms with Crippen LogP contribution in [0.2, 0.25) is 0 Å². The number of esters is 1. The lowest BCUT2D eigenvalue weighted by Gasteiger charge is -2.08. The van der Waals surface area contributed by atoms with Crippen LogP contribution in [0.4, 0.5) is 4.39 Å². The van der Waals surface area contributed by atoms with Crippen LogP contribution in [-0.2, 0) is 9.53 Å². The Balaban J connectivity index is 2.65. The first-order valence-corrected chi connectivity index (χ1v) is 4.88. The van der Waals surface area contributed by atoms with Crippen molar-refractivity contribution in [2.45, 2.75) is 19.4 Å². The number of hydrogen-bond acceptors (Lipinski definition) is 2. The molecule has 0 spiro atoms. The van der Waals surface area contributed by atoms with Gasteiger partial charge in [-0.15, -0.1) is 0 Å². The molecule has 0 aliphatic rings. The van der Waals surface area contributed by atoms with Crippen molar-refractivity contribution in [3.8, 4) is 0 Å². The molecule has 3 nitrogen and oxygen atoms in total. The highest BCUT2D eigenvalue weighted by atomic mass is 19.1. The highest BCUT2D eigenvalue weighted by molar-refractivity contribution is 5.70. The van der Waals surface area contributed by atoms with E-state index in [1.165, 1.54) is 6.07 Å². The minimum atomic E-state index is -0.398. The van der Waals surface area contributed by atoms with Crippen molar-refractivity contribution in [3.05, 3.63) is 35.6 Å². The Bertz CT molecular complexity index is 341. The Kier molecular flexibility index (Phi) is 4.24. The van der Waals surface area contributed by atoms with Gasteiger partial charge < -0.3 is 10.5 Å². The first-order chi connectivity index (χ1) is 7.15. The normalized spacial score (nSPS) is 12.2. The van der Waals surface area contributed by atoms with Gasteiger partial charge in [0.25, 0.3) is 0 Å². The monoisotopic (exact) mass is 212 g/mol. The zero-order valence-corrected chi connectivity index (χ0v) is 8.70. The molecule has 0 amide bonds. The summed E-state index contributed by atoms with van der Waals surface area (Å²) in [6.45, 7) is 2.07. The van der Waals surface area contributed by atoms with Crippen LogP contribution in [0.15, 0.2) is 24.3 Å². The van der Waals surface area contributed by atoms with Gasteiger partial charge in [0.1, 0.15) is 18.3 Å². The van der Waals surface area contributed by atoms with Crippen LogP contribution in [0.3, 0.4) is 0 Å². The van der Waals surface area contributed by atoms with Crippen LogP contribution in [0.5, 0.6) is 0 Å². The zero-order valence-electron chi connectivity index (χ0n) is 8.70. The number of rotatable bonds is 4. The van der Waals surface area contributed by atoms with Gasteiger partial charge in [-0.25, -0.2) is 4.39 Å². The maximum Gasteiger partial charge on any atom is 0.312 e. The summed E-state index contributed by atoms with van der Waals surface area (Å²) < 4.78 is 18.1. The summed E-state index contributed by atoms with van der Waals surface area (Å²) in [5.74, 6) is -0.678. The van der Waals surface area contributed by atoms with Gasteiger partial charge in [0, 0.05) is 5.56 Å². The maximum absolute atomic E-state index is 13.3. The molecule has 0 aliphatic heterocycles. The molecule has 0 saturated carbocycles. The molecule has 0 aliphatic carbocycles. The van der Waals surface area contributed by atoms with Gasteiger partial charge in [-0.1, -0.05) is 18.2 Å². The van der Waals surface area contributed by atoms with Gasteiger partial charge >= 0.3 is 5.97 Å². The van der Waals surface area contributed by atoms with Crippen LogP contribution in [-0.4, -0.2) is 12.6 Å². The maximum atomic E-state index is 13.3. The summed E-state index contributed by atoms with van der Waals surface area (Å²) in [4.78, 5) is 11.2. The molecular formula is C11H15FNO2+. The summed E-state index contributed by atoms with van der Waals surface area (Å²) in [5, 5.41) is 0. The fourth-order valence-corrected chi connectivity index (χ4v) is 1.34. The van der Waals surface area contributed by atoms with E-state index in [0.29, 0.717) is 12.2 Å². The summed E-state index contributed by atoms with van der Waals surface area (Å²) in [6, 6.07) is 5.92. The average Bonchev–Trinajstić information content (AvgIpc) is 2.18. The highest BCUT2D eigenvalue weighted by Gasteiger charge is 2.18. The largest absolute Gasteiger partial charge is 0.466 e. The average molecular weight is 212 g/mol. The minimum Gasteiger partial charge on any atom is -0.466 e. The highest BCUT2D eigenvalue weighted by Crippen LogP contribution is 2.16. The van der Waals surface area contributed by atoms with Crippen molar-refractivity contribution in [2.24, 2.45) is 0 Å². The minimum absolute atomic E-state index is 0.106. The van der Waals surface area contributed by atoms with E-state index >= 15 is 0 Å². The molecule has 0 bridgehead atoms. The van der Waals surface area contributed by atoms with Gasteiger partial charge in [-0.05, 0) is 13.0 Å².